The van der Waals surface area contributed by atoms with Gasteiger partial charge in [-0.05, 0) is 0 Å². The first-order valence-corrected chi connectivity index (χ1v) is 5.33. The largest absolute Gasteiger partial charge is 0.448 e. The molecule has 10 heavy (non-hydrogen) atoms. The average molecular weight is 284 g/mol. The van der Waals surface area contributed by atoms with Crippen LogP contribution in [0.2, 0.25) is 0 Å². The van der Waals surface area contributed by atoms with Crippen molar-refractivity contribution in [1.82, 2.24) is 0 Å². The zero-order valence-corrected chi connectivity index (χ0v) is 7.91. The standard InChI is InChI=1S/CBrF3.Cl2O2S/c2-1(3,4)5;1-5(2,3)4. The van der Waals surface area contributed by atoms with Gasteiger partial charge in [0.25, 0.3) is 0 Å². The third kappa shape index (κ3) is 837. The molecule has 0 saturated carbocycles. The first-order valence-electron chi connectivity index (χ1n) is 1.40. The number of halogens is 6. The third-order valence-corrected chi connectivity index (χ3v) is 0. The topological polar surface area (TPSA) is 34.1 Å². The Morgan fingerprint density at radius 1 is 1.20 bits per heavy atom. The van der Waals surface area contributed by atoms with Crippen LogP contribution in [0.25, 0.3) is 0 Å². The summed E-state index contributed by atoms with van der Waals surface area (Å²) in [6, 6.07) is 0. The third-order valence-electron chi connectivity index (χ3n) is 0. The highest BCUT2D eigenvalue weighted by atomic mass is 79.9. The molecule has 2 nitrogen and oxygen atoms in total. The number of hydrogen-bond acceptors (Lipinski definition) is 2. The van der Waals surface area contributed by atoms with E-state index in [4.69, 9.17) is 8.42 Å². The lowest BCUT2D eigenvalue weighted by molar-refractivity contribution is -0.0245. The Morgan fingerprint density at radius 2 is 1.20 bits per heavy atom. The molecule has 0 amide bonds. The maximum absolute atomic E-state index is 10.3. The second-order valence-electron chi connectivity index (χ2n) is 0.807. The molecule has 0 atom stereocenters. The van der Waals surface area contributed by atoms with Crippen molar-refractivity contribution in [2.45, 2.75) is 5.09 Å². The van der Waals surface area contributed by atoms with Crippen molar-refractivity contribution in [3.8, 4) is 0 Å². The Hall–Kier alpha value is 0.800. The van der Waals surface area contributed by atoms with E-state index >= 15 is 0 Å². The zero-order chi connectivity index (χ0) is 9.00. The smallest absolute Gasteiger partial charge is 0.195 e. The first-order chi connectivity index (χ1) is 4.00. The minimum absolute atomic E-state index is 1.38. The summed E-state index contributed by atoms with van der Waals surface area (Å²) in [5.41, 5.74) is 0. The van der Waals surface area contributed by atoms with Gasteiger partial charge in [0.2, 0.25) is 0 Å². The molecular weight excluding hydrogens is 284 g/mol. The van der Waals surface area contributed by atoms with Crippen LogP contribution in [0.15, 0.2) is 0 Å². The summed E-state index contributed by atoms with van der Waals surface area (Å²) in [4.78, 5) is 0. The van der Waals surface area contributed by atoms with Gasteiger partial charge in [0, 0.05) is 37.3 Å². The van der Waals surface area contributed by atoms with Crippen LogP contribution in [0, 0.1) is 0 Å². The number of rotatable bonds is 0. The van der Waals surface area contributed by atoms with Crippen LogP contribution in [0.3, 0.4) is 0 Å². The molecule has 0 heterocycles. The van der Waals surface area contributed by atoms with Crippen molar-refractivity contribution in [2.24, 2.45) is 0 Å². The zero-order valence-electron chi connectivity index (χ0n) is 3.99. The molecule has 0 rings (SSSR count). The van der Waals surface area contributed by atoms with Gasteiger partial charge in [-0.25, -0.2) is 0 Å². The Kier molecular flexibility index (Phi) is 6.20. The second kappa shape index (κ2) is 4.63. The molecule has 0 aromatic heterocycles. The van der Waals surface area contributed by atoms with Gasteiger partial charge in [-0.1, -0.05) is 0 Å². The van der Waals surface area contributed by atoms with Gasteiger partial charge in [-0.15, -0.1) is 0 Å². The van der Waals surface area contributed by atoms with Crippen molar-refractivity contribution in [2.75, 3.05) is 0 Å². The van der Waals surface area contributed by atoms with Crippen LogP contribution < -0.4 is 0 Å². The maximum Gasteiger partial charge on any atom is 0.448 e. The maximum atomic E-state index is 10.3. The van der Waals surface area contributed by atoms with Crippen LogP contribution in [0.5, 0.6) is 0 Å². The van der Waals surface area contributed by atoms with Gasteiger partial charge in [-0.3, -0.25) is 0 Å². The lowest BCUT2D eigenvalue weighted by atomic mass is 11.6. The number of hydrogen-bond donors (Lipinski definition) is 0. The Labute approximate surface area is 72.3 Å². The predicted molar refractivity (Wildman–Crippen MR) is 35.6 cm³/mol. The summed E-state index contributed by atoms with van der Waals surface area (Å²) in [5, 5.41) is -4.19. The van der Waals surface area contributed by atoms with E-state index in [1.807, 2.05) is 0 Å². The molecular formula is CBrCl2F3O2S. The number of alkyl halides is 4. The summed E-state index contributed by atoms with van der Waals surface area (Å²) in [6.45, 7) is 0. The van der Waals surface area contributed by atoms with Crippen molar-refractivity contribution in [3.05, 3.63) is 0 Å². The van der Waals surface area contributed by atoms with E-state index < -0.39 is 13.3 Å². The molecule has 0 aliphatic heterocycles. The molecule has 0 unspecified atom stereocenters. The van der Waals surface area contributed by atoms with Crippen molar-refractivity contribution in [3.63, 3.8) is 0 Å². The fourth-order valence-corrected chi connectivity index (χ4v) is 0. The summed E-state index contributed by atoms with van der Waals surface area (Å²) in [6.07, 6.45) is 0. The van der Waals surface area contributed by atoms with Gasteiger partial charge >= 0.3 is 13.3 Å². The van der Waals surface area contributed by atoms with Crippen molar-refractivity contribution in [1.29, 1.82) is 0 Å². The summed E-state index contributed by atoms with van der Waals surface area (Å²) in [7, 11) is 4.81. The monoisotopic (exact) mass is 282 g/mol. The lowest BCUT2D eigenvalue weighted by Crippen LogP contribution is -1.88. The fourth-order valence-electron chi connectivity index (χ4n) is 0. The molecule has 0 saturated heterocycles. The molecule has 0 aliphatic carbocycles. The van der Waals surface area contributed by atoms with Crippen LogP contribution in [0.4, 0.5) is 13.2 Å². The predicted octanol–water partition coefficient (Wildman–Crippen LogP) is 2.61. The van der Waals surface area contributed by atoms with E-state index in [0.29, 0.717) is 0 Å². The van der Waals surface area contributed by atoms with E-state index in [1.165, 1.54) is 15.9 Å². The lowest BCUT2D eigenvalue weighted by Gasteiger charge is -1.85. The molecule has 0 fully saturated rings. The summed E-state index contributed by atoms with van der Waals surface area (Å²) >= 11 is 1.38. The van der Waals surface area contributed by atoms with Crippen LogP contribution in [-0.4, -0.2) is 13.5 Å². The van der Waals surface area contributed by atoms with Gasteiger partial charge in [0.05, 0.1) is 0 Å². The van der Waals surface area contributed by atoms with E-state index in [0.717, 1.165) is 0 Å². The molecule has 0 aliphatic rings. The average Bonchev–Trinajstić information content (AvgIpc) is 1.12. The highest BCUT2D eigenvalue weighted by Gasteiger charge is 2.19. The highest BCUT2D eigenvalue weighted by molar-refractivity contribution is 9.09. The minimum atomic E-state index is -4.19. The second-order valence-corrected chi connectivity index (χ2v) is 5.37. The van der Waals surface area contributed by atoms with E-state index in [1.54, 1.807) is 0 Å². The first kappa shape index (κ1) is 13.4. The van der Waals surface area contributed by atoms with E-state index in [2.05, 4.69) is 21.4 Å². The van der Waals surface area contributed by atoms with Crippen LogP contribution in [0.1, 0.15) is 0 Å². The SMILES string of the molecule is FC(F)(F)Br.O=S(=O)(Cl)Cl. The van der Waals surface area contributed by atoms with Gasteiger partial charge in [0.1, 0.15) is 0 Å². The van der Waals surface area contributed by atoms with Crippen molar-refractivity contribution >= 4 is 45.6 Å². The summed E-state index contributed by atoms with van der Waals surface area (Å²) < 4.78 is 49.1. The van der Waals surface area contributed by atoms with E-state index in [-0.39, 0.29) is 0 Å². The van der Waals surface area contributed by atoms with Gasteiger partial charge in [0.15, 0.2) is 0 Å². The molecule has 64 valence electrons. The van der Waals surface area contributed by atoms with Gasteiger partial charge < -0.3 is 0 Å². The van der Waals surface area contributed by atoms with Crippen LogP contribution >= 0.6 is 37.3 Å². The quantitative estimate of drug-likeness (QED) is 0.506. The molecule has 0 N–H and O–H groups in total. The Balaban J connectivity index is 0. The summed E-state index contributed by atoms with van der Waals surface area (Å²) in [5.74, 6) is 0. The Bertz CT molecular complexity index is 159. The molecule has 0 aromatic carbocycles. The van der Waals surface area contributed by atoms with Crippen LogP contribution in [-0.2, 0) is 8.26 Å². The highest BCUT2D eigenvalue weighted by Crippen LogP contribution is 2.21. The molecule has 0 bridgehead atoms. The fraction of sp³-hybridized carbons (Fsp3) is 1.00. The van der Waals surface area contributed by atoms with Crippen molar-refractivity contribution < 1.29 is 21.6 Å². The molecule has 0 aromatic rings. The van der Waals surface area contributed by atoms with E-state index in [9.17, 15) is 13.2 Å². The Morgan fingerprint density at radius 3 is 1.20 bits per heavy atom. The normalized spacial score (nSPS) is 11.8. The minimum Gasteiger partial charge on any atom is -0.195 e. The van der Waals surface area contributed by atoms with Gasteiger partial charge in [-0.2, -0.15) is 21.6 Å². The molecule has 9 heteroatoms. The molecule has 0 radical (unpaired) electrons. The molecule has 0 spiro atoms.